The van der Waals surface area contributed by atoms with E-state index in [-0.39, 0.29) is 10.9 Å². The van der Waals surface area contributed by atoms with Gasteiger partial charge in [-0.2, -0.15) is 0 Å². The van der Waals surface area contributed by atoms with Crippen molar-refractivity contribution in [2.75, 3.05) is 9.80 Å². The Morgan fingerprint density at radius 2 is 0.548 bits per heavy atom. The molecule has 2 aliphatic carbocycles. The van der Waals surface area contributed by atoms with Gasteiger partial charge in [-0.05, 0) is 118 Å². The second kappa shape index (κ2) is 14.1. The molecule has 10 aromatic carbocycles. The summed E-state index contributed by atoms with van der Waals surface area (Å²) in [6.07, 6.45) is 0. The highest BCUT2D eigenvalue weighted by Crippen LogP contribution is 2.50. The molecule has 0 radical (unpaired) electrons. The van der Waals surface area contributed by atoms with Crippen LogP contribution in [0.15, 0.2) is 228 Å². The van der Waals surface area contributed by atoms with Crippen LogP contribution in [0.25, 0.3) is 76.5 Å². The third-order valence-corrected chi connectivity index (χ3v) is 12.5. The Kier molecular flexibility index (Phi) is 8.12. The number of nitrogens with zero attached hydrogens (tertiary/aromatic N) is 2. The molecule has 0 spiro atoms. The van der Waals surface area contributed by atoms with Crippen LogP contribution in [0.1, 0.15) is 0 Å². The van der Waals surface area contributed by atoms with Crippen LogP contribution in [0.5, 0.6) is 0 Å². The largest absolute Gasteiger partial charge is 0.311 e. The van der Waals surface area contributed by atoms with Gasteiger partial charge >= 0.3 is 0 Å². The Morgan fingerprint density at radius 1 is 0.258 bits per heavy atom. The van der Waals surface area contributed by atoms with Gasteiger partial charge in [0.05, 0.1) is 0 Å². The van der Waals surface area contributed by atoms with Crippen LogP contribution in [-0.2, 0) is 0 Å². The van der Waals surface area contributed by atoms with Gasteiger partial charge in [-0.3, -0.25) is 9.59 Å². The Morgan fingerprint density at radius 3 is 0.871 bits per heavy atom. The molecule has 4 heteroatoms. The third kappa shape index (κ3) is 5.47. The fourth-order valence-corrected chi connectivity index (χ4v) is 9.76. The fourth-order valence-electron chi connectivity index (χ4n) is 9.76. The van der Waals surface area contributed by atoms with Crippen LogP contribution >= 0.6 is 0 Å². The zero-order chi connectivity index (χ0) is 41.3. The molecule has 12 rings (SSSR count). The van der Waals surface area contributed by atoms with Gasteiger partial charge in [0, 0.05) is 77.6 Å². The smallest absolute Gasteiger partial charge is 0.194 e. The lowest BCUT2D eigenvalue weighted by Crippen LogP contribution is -2.14. The van der Waals surface area contributed by atoms with Crippen molar-refractivity contribution < 1.29 is 0 Å². The molecule has 0 unspecified atom stereocenters. The minimum Gasteiger partial charge on any atom is -0.311 e. The van der Waals surface area contributed by atoms with Crippen LogP contribution in [-0.4, -0.2) is 0 Å². The predicted octanol–water partition coefficient (Wildman–Crippen LogP) is 14.7. The molecule has 10 aromatic rings. The van der Waals surface area contributed by atoms with Crippen LogP contribution in [0, 0.1) is 0 Å². The molecule has 290 valence electrons. The lowest BCUT2D eigenvalue weighted by Gasteiger charge is -2.26. The summed E-state index contributed by atoms with van der Waals surface area (Å²) < 4.78 is 0. The summed E-state index contributed by atoms with van der Waals surface area (Å²) in [7, 11) is 0. The molecular formula is C58H36N2O2. The zero-order valence-electron chi connectivity index (χ0n) is 33.5. The third-order valence-electron chi connectivity index (χ3n) is 12.5. The summed E-state index contributed by atoms with van der Waals surface area (Å²) >= 11 is 0. The monoisotopic (exact) mass is 792 g/mol. The molecule has 2 aliphatic rings. The van der Waals surface area contributed by atoms with Crippen molar-refractivity contribution in [1.29, 1.82) is 0 Å². The minimum atomic E-state index is -0.0267. The van der Waals surface area contributed by atoms with Crippen molar-refractivity contribution in [3.05, 3.63) is 239 Å². The molecule has 0 saturated heterocycles. The maximum atomic E-state index is 14.9. The molecule has 0 aromatic heterocycles. The van der Waals surface area contributed by atoms with E-state index in [1.54, 1.807) is 0 Å². The first kappa shape index (κ1) is 35.6. The Balaban J connectivity index is 1.03. The molecule has 0 heterocycles. The first-order valence-corrected chi connectivity index (χ1v) is 20.9. The van der Waals surface area contributed by atoms with Crippen LogP contribution in [0.4, 0.5) is 34.1 Å². The van der Waals surface area contributed by atoms with E-state index < -0.39 is 0 Å². The van der Waals surface area contributed by atoms with Gasteiger partial charge in [0.1, 0.15) is 0 Å². The standard InChI is InChI=1S/C58H36N2O2/c61-57-48-26-14-24-46-50(38-29-33-44(34-30-38)60(41-19-9-3-10-20-41)42-21-11-4-12-22-42)36-52-56(54(46)48)55-51(57)35-49(45-23-13-25-47(53(45)55)58(52)62)37-27-31-43(32-28-37)59(39-15-5-1-6-16-39)40-17-7-2-8-18-40/h1-36H. The first-order chi connectivity index (χ1) is 30.6. The summed E-state index contributed by atoms with van der Waals surface area (Å²) in [5.74, 6) is 0. The normalized spacial score (nSPS) is 11.7. The lowest BCUT2D eigenvalue weighted by atomic mass is 9.78. The SMILES string of the molecule is O=c1c2cc(-c3ccc(N(c4ccccc4)c4ccccc4)cc3)c3cccc4c(=O)c5cc(-c6ccc(N(c7ccccc7)c7ccccc7)cc6)c6cccc1c6c5-c2c34. The molecule has 0 N–H and O–H groups in total. The molecule has 62 heavy (non-hydrogen) atoms. The quantitative estimate of drug-likeness (QED) is 0.113. The number of rotatable bonds is 8. The van der Waals surface area contributed by atoms with E-state index in [9.17, 15) is 9.59 Å². The van der Waals surface area contributed by atoms with E-state index in [1.165, 1.54) is 0 Å². The lowest BCUT2D eigenvalue weighted by molar-refractivity contribution is 1.28. The van der Waals surface area contributed by atoms with Crippen LogP contribution in [0.3, 0.4) is 0 Å². The van der Waals surface area contributed by atoms with Crippen LogP contribution < -0.4 is 20.7 Å². The van der Waals surface area contributed by atoms with Gasteiger partial charge in [0.2, 0.25) is 0 Å². The average Bonchev–Trinajstić information content (AvgIpc) is 3.34. The van der Waals surface area contributed by atoms with E-state index in [0.717, 1.165) is 89.0 Å². The topological polar surface area (TPSA) is 40.6 Å². The number of hydrogen-bond acceptors (Lipinski definition) is 4. The molecule has 0 atom stereocenters. The second-order valence-electron chi connectivity index (χ2n) is 15.9. The fraction of sp³-hybridized carbons (Fsp3) is 0. The van der Waals surface area contributed by atoms with Gasteiger partial charge < -0.3 is 9.80 Å². The Bertz CT molecular complexity index is 3310. The maximum Gasteiger partial charge on any atom is 0.194 e. The average molecular weight is 793 g/mol. The summed E-state index contributed by atoms with van der Waals surface area (Å²) in [5, 5.41) is 6.12. The van der Waals surface area contributed by atoms with Crippen molar-refractivity contribution in [2.24, 2.45) is 0 Å². The second-order valence-corrected chi connectivity index (χ2v) is 15.9. The van der Waals surface area contributed by atoms with E-state index >= 15 is 0 Å². The molecule has 0 saturated carbocycles. The van der Waals surface area contributed by atoms with Gasteiger partial charge in [-0.25, -0.2) is 0 Å². The molecule has 4 nitrogen and oxygen atoms in total. The summed E-state index contributed by atoms with van der Waals surface area (Å²) in [6, 6.07) is 74.5. The molecular weight excluding hydrogens is 757 g/mol. The number of para-hydroxylation sites is 4. The molecule has 0 aliphatic heterocycles. The van der Waals surface area contributed by atoms with Crippen molar-refractivity contribution >= 4 is 77.2 Å². The molecule has 0 amide bonds. The Hall–Kier alpha value is -8.34. The zero-order valence-corrected chi connectivity index (χ0v) is 33.5. The van der Waals surface area contributed by atoms with Crippen molar-refractivity contribution in [2.45, 2.75) is 0 Å². The Labute approximate surface area is 357 Å². The molecule has 0 fully saturated rings. The first-order valence-electron chi connectivity index (χ1n) is 20.9. The maximum absolute atomic E-state index is 14.9. The van der Waals surface area contributed by atoms with Gasteiger partial charge in [-0.1, -0.05) is 133 Å². The number of anilines is 6. The van der Waals surface area contributed by atoms with Crippen molar-refractivity contribution in [3.63, 3.8) is 0 Å². The highest BCUT2D eigenvalue weighted by Gasteiger charge is 2.28. The van der Waals surface area contributed by atoms with Gasteiger partial charge in [-0.15, -0.1) is 0 Å². The van der Waals surface area contributed by atoms with Crippen LogP contribution in [0.2, 0.25) is 0 Å². The summed E-state index contributed by atoms with van der Waals surface area (Å²) in [6.45, 7) is 0. The van der Waals surface area contributed by atoms with E-state index in [4.69, 9.17) is 0 Å². The van der Waals surface area contributed by atoms with Crippen molar-refractivity contribution in [1.82, 2.24) is 0 Å². The summed E-state index contributed by atoms with van der Waals surface area (Å²) in [5.41, 5.74) is 11.7. The molecule has 0 bridgehead atoms. The minimum absolute atomic E-state index is 0.0267. The van der Waals surface area contributed by atoms with E-state index in [1.807, 2.05) is 97.1 Å². The highest BCUT2D eigenvalue weighted by atomic mass is 16.1. The van der Waals surface area contributed by atoms with E-state index in [0.29, 0.717) is 21.5 Å². The van der Waals surface area contributed by atoms with Crippen molar-refractivity contribution in [3.8, 4) is 33.4 Å². The number of benzene rings is 12. The predicted molar refractivity (Wildman–Crippen MR) is 259 cm³/mol. The van der Waals surface area contributed by atoms with Gasteiger partial charge in [0.15, 0.2) is 10.9 Å². The number of hydrogen-bond donors (Lipinski definition) is 0. The van der Waals surface area contributed by atoms with E-state index in [2.05, 4.69) is 131 Å². The highest BCUT2D eigenvalue weighted by molar-refractivity contribution is 6.31. The summed E-state index contributed by atoms with van der Waals surface area (Å²) in [4.78, 5) is 34.3. The van der Waals surface area contributed by atoms with Gasteiger partial charge in [0.25, 0.3) is 0 Å².